The predicted octanol–water partition coefficient (Wildman–Crippen LogP) is 1.69. The number of amides is 1. The van der Waals surface area contributed by atoms with Gasteiger partial charge in [-0.2, -0.15) is 0 Å². The Morgan fingerprint density at radius 2 is 1.81 bits per heavy atom. The van der Waals surface area contributed by atoms with Crippen molar-refractivity contribution in [3.05, 3.63) is 48.0 Å². The van der Waals surface area contributed by atoms with Crippen molar-refractivity contribution in [2.45, 2.75) is 6.42 Å². The summed E-state index contributed by atoms with van der Waals surface area (Å²) < 4.78 is 0. The van der Waals surface area contributed by atoms with Crippen LogP contribution in [0.2, 0.25) is 0 Å². The lowest BCUT2D eigenvalue weighted by Crippen LogP contribution is -2.24. The van der Waals surface area contributed by atoms with E-state index in [0.717, 1.165) is 0 Å². The highest BCUT2D eigenvalue weighted by atomic mass is 16.4. The molecule has 1 rings (SSSR count). The van der Waals surface area contributed by atoms with Crippen LogP contribution in [0, 0.1) is 0 Å². The fraction of sp³-hybridized carbons (Fsp3) is 0.167. The van der Waals surface area contributed by atoms with Gasteiger partial charge >= 0.3 is 5.97 Å². The van der Waals surface area contributed by atoms with Crippen LogP contribution in [0.3, 0.4) is 0 Å². The number of aromatic carboxylic acids is 1. The van der Waals surface area contributed by atoms with Gasteiger partial charge in [0, 0.05) is 12.1 Å². The Hall–Kier alpha value is -2.10. The number of hydrogen-bond acceptors (Lipinski definition) is 2. The summed E-state index contributed by atoms with van der Waals surface area (Å²) in [5, 5.41) is 11.4. The van der Waals surface area contributed by atoms with Crippen LogP contribution >= 0.6 is 0 Å². The Morgan fingerprint density at radius 1 is 1.25 bits per heavy atom. The number of benzene rings is 1. The maximum absolute atomic E-state index is 11.5. The SMILES string of the molecule is C=CCCNC(=O)c1ccc(C(=O)O)cc1. The molecule has 1 aromatic rings. The Bertz CT molecular complexity index is 395. The van der Waals surface area contributed by atoms with Crippen LogP contribution in [-0.4, -0.2) is 23.5 Å². The second-order valence-electron chi connectivity index (χ2n) is 3.22. The quantitative estimate of drug-likeness (QED) is 0.585. The van der Waals surface area contributed by atoms with Crippen LogP contribution in [0.5, 0.6) is 0 Å². The van der Waals surface area contributed by atoms with E-state index in [9.17, 15) is 9.59 Å². The van der Waals surface area contributed by atoms with Crippen molar-refractivity contribution >= 4 is 11.9 Å². The lowest BCUT2D eigenvalue weighted by Gasteiger charge is -2.03. The van der Waals surface area contributed by atoms with Crippen molar-refractivity contribution < 1.29 is 14.7 Å². The van der Waals surface area contributed by atoms with Gasteiger partial charge < -0.3 is 10.4 Å². The van der Waals surface area contributed by atoms with E-state index in [4.69, 9.17) is 5.11 Å². The maximum atomic E-state index is 11.5. The highest BCUT2D eigenvalue weighted by Gasteiger charge is 2.06. The predicted molar refractivity (Wildman–Crippen MR) is 60.5 cm³/mol. The van der Waals surface area contributed by atoms with E-state index in [-0.39, 0.29) is 11.5 Å². The highest BCUT2D eigenvalue weighted by molar-refractivity contribution is 5.95. The zero-order valence-electron chi connectivity index (χ0n) is 8.77. The zero-order valence-corrected chi connectivity index (χ0v) is 8.77. The van der Waals surface area contributed by atoms with Crippen LogP contribution in [0.25, 0.3) is 0 Å². The summed E-state index contributed by atoms with van der Waals surface area (Å²) in [5.41, 5.74) is 0.622. The van der Waals surface area contributed by atoms with E-state index in [0.29, 0.717) is 18.5 Å². The van der Waals surface area contributed by atoms with Gasteiger partial charge in [0.25, 0.3) is 5.91 Å². The summed E-state index contributed by atoms with van der Waals surface area (Å²) in [6.07, 6.45) is 2.42. The number of carboxylic acids is 1. The second-order valence-corrected chi connectivity index (χ2v) is 3.22. The van der Waals surface area contributed by atoms with Gasteiger partial charge in [-0.25, -0.2) is 4.79 Å². The normalized spacial score (nSPS) is 9.50. The first kappa shape index (κ1) is 12.0. The first-order valence-electron chi connectivity index (χ1n) is 4.87. The summed E-state index contributed by atoms with van der Waals surface area (Å²) in [6, 6.07) is 5.80. The van der Waals surface area contributed by atoms with Gasteiger partial charge in [-0.15, -0.1) is 6.58 Å². The molecule has 0 radical (unpaired) electrons. The molecule has 4 nitrogen and oxygen atoms in total. The van der Waals surface area contributed by atoms with Gasteiger partial charge in [-0.1, -0.05) is 6.08 Å². The third-order valence-corrected chi connectivity index (χ3v) is 2.03. The van der Waals surface area contributed by atoms with E-state index < -0.39 is 5.97 Å². The number of nitrogens with one attached hydrogen (secondary N) is 1. The summed E-state index contributed by atoms with van der Waals surface area (Å²) in [6.45, 7) is 4.08. The van der Waals surface area contributed by atoms with Gasteiger partial charge in [0.1, 0.15) is 0 Å². The molecule has 0 atom stereocenters. The van der Waals surface area contributed by atoms with Gasteiger partial charge in [-0.05, 0) is 30.7 Å². The minimum atomic E-state index is -1.00. The Kier molecular flexibility index (Phi) is 4.27. The first-order chi connectivity index (χ1) is 7.65. The van der Waals surface area contributed by atoms with E-state index in [1.165, 1.54) is 24.3 Å². The molecule has 0 aromatic heterocycles. The maximum Gasteiger partial charge on any atom is 0.335 e. The number of rotatable bonds is 5. The molecule has 1 aromatic carbocycles. The van der Waals surface area contributed by atoms with Gasteiger partial charge in [-0.3, -0.25) is 4.79 Å². The topological polar surface area (TPSA) is 66.4 Å². The van der Waals surface area contributed by atoms with Crippen LogP contribution in [0.4, 0.5) is 0 Å². The van der Waals surface area contributed by atoms with Crippen LogP contribution < -0.4 is 5.32 Å². The molecule has 0 spiro atoms. The highest BCUT2D eigenvalue weighted by Crippen LogP contribution is 2.04. The largest absolute Gasteiger partial charge is 0.478 e. The first-order valence-corrected chi connectivity index (χ1v) is 4.87. The van der Waals surface area contributed by atoms with Gasteiger partial charge in [0.15, 0.2) is 0 Å². The monoisotopic (exact) mass is 219 g/mol. The standard InChI is InChI=1S/C12H13NO3/c1-2-3-8-13-11(14)9-4-6-10(7-5-9)12(15)16/h2,4-7H,1,3,8H2,(H,13,14)(H,15,16). The Balaban J connectivity index is 2.63. The Morgan fingerprint density at radius 3 is 2.31 bits per heavy atom. The summed E-state index contributed by atoms with van der Waals surface area (Å²) in [4.78, 5) is 22.1. The minimum Gasteiger partial charge on any atom is -0.478 e. The summed E-state index contributed by atoms with van der Waals surface area (Å²) in [7, 11) is 0. The van der Waals surface area contributed by atoms with Crippen molar-refractivity contribution in [3.63, 3.8) is 0 Å². The van der Waals surface area contributed by atoms with Crippen molar-refractivity contribution in [1.29, 1.82) is 0 Å². The number of carboxylic acid groups (broad SMARTS) is 1. The molecule has 0 heterocycles. The van der Waals surface area contributed by atoms with Crippen LogP contribution in [0.15, 0.2) is 36.9 Å². The fourth-order valence-corrected chi connectivity index (χ4v) is 1.15. The lowest BCUT2D eigenvalue weighted by molar-refractivity contribution is 0.0696. The summed E-state index contributed by atoms with van der Waals surface area (Å²) in [5.74, 6) is -1.21. The van der Waals surface area contributed by atoms with E-state index >= 15 is 0 Å². The molecule has 2 N–H and O–H groups in total. The molecule has 0 unspecified atom stereocenters. The molecule has 0 aliphatic rings. The molecule has 0 aliphatic carbocycles. The zero-order chi connectivity index (χ0) is 12.0. The molecule has 16 heavy (non-hydrogen) atoms. The molecule has 0 aliphatic heterocycles. The van der Waals surface area contributed by atoms with E-state index in [1.807, 2.05) is 0 Å². The van der Waals surface area contributed by atoms with Gasteiger partial charge in [0.2, 0.25) is 0 Å². The molecular formula is C12H13NO3. The number of hydrogen-bond donors (Lipinski definition) is 2. The average Bonchev–Trinajstić information content (AvgIpc) is 2.29. The van der Waals surface area contributed by atoms with E-state index in [1.54, 1.807) is 6.08 Å². The fourth-order valence-electron chi connectivity index (χ4n) is 1.15. The smallest absolute Gasteiger partial charge is 0.335 e. The minimum absolute atomic E-state index is 0.169. The Labute approximate surface area is 93.6 Å². The molecule has 0 saturated heterocycles. The second kappa shape index (κ2) is 5.70. The van der Waals surface area contributed by atoms with E-state index in [2.05, 4.69) is 11.9 Å². The number of carbonyl (C=O) groups is 2. The molecular weight excluding hydrogens is 206 g/mol. The molecule has 1 amide bonds. The number of carbonyl (C=O) groups excluding carboxylic acids is 1. The third kappa shape index (κ3) is 3.24. The molecule has 0 bridgehead atoms. The van der Waals surface area contributed by atoms with Crippen molar-refractivity contribution in [2.75, 3.05) is 6.54 Å². The lowest BCUT2D eigenvalue weighted by atomic mass is 10.1. The summed E-state index contributed by atoms with van der Waals surface area (Å²) >= 11 is 0. The van der Waals surface area contributed by atoms with Crippen molar-refractivity contribution in [1.82, 2.24) is 5.32 Å². The molecule has 84 valence electrons. The third-order valence-electron chi connectivity index (χ3n) is 2.03. The van der Waals surface area contributed by atoms with Crippen molar-refractivity contribution in [3.8, 4) is 0 Å². The molecule has 0 fully saturated rings. The molecule has 4 heteroatoms. The van der Waals surface area contributed by atoms with Crippen LogP contribution in [-0.2, 0) is 0 Å². The van der Waals surface area contributed by atoms with Crippen LogP contribution in [0.1, 0.15) is 27.1 Å². The average molecular weight is 219 g/mol. The van der Waals surface area contributed by atoms with Gasteiger partial charge in [0.05, 0.1) is 5.56 Å². The van der Waals surface area contributed by atoms with Crippen molar-refractivity contribution in [2.24, 2.45) is 0 Å². The molecule has 0 saturated carbocycles.